The van der Waals surface area contributed by atoms with Crippen LogP contribution in [0.15, 0.2) is 31.0 Å². The van der Waals surface area contributed by atoms with E-state index in [-0.39, 0.29) is 62.0 Å². The highest BCUT2D eigenvalue weighted by Crippen LogP contribution is 2.57. The van der Waals surface area contributed by atoms with Crippen LogP contribution in [0.3, 0.4) is 0 Å². The van der Waals surface area contributed by atoms with Gasteiger partial charge < -0.3 is 35.3 Å². The van der Waals surface area contributed by atoms with Crippen LogP contribution in [0, 0.1) is 17.0 Å². The zero-order valence-electron chi connectivity index (χ0n) is 27.7. The number of anilines is 2. The Morgan fingerprint density at radius 3 is 2.72 bits per heavy atom. The highest BCUT2D eigenvalue weighted by molar-refractivity contribution is 7.22. The summed E-state index contributed by atoms with van der Waals surface area (Å²) < 4.78 is 50.1. The van der Waals surface area contributed by atoms with Crippen LogP contribution < -0.4 is 20.7 Å². The van der Waals surface area contributed by atoms with Crippen molar-refractivity contribution in [1.29, 1.82) is 0 Å². The van der Waals surface area contributed by atoms with Crippen molar-refractivity contribution < 1.29 is 32.9 Å². The monoisotopic (exact) mass is 707 g/mol. The SMILES string of the molecule is C=CC(=O)NC1COCCN(c2c3c(nc4c(F)c(-c5ccc(F)c6sc(N)nc56)ncc24)O[C@H](C2(CN4CCOCC4)CC2)C[C@@]3(C)O)C1. The van der Waals surface area contributed by atoms with E-state index in [2.05, 4.69) is 26.8 Å². The molecule has 1 amide bonds. The molecule has 50 heavy (non-hydrogen) atoms. The molecule has 3 atom stereocenters. The molecular formula is C35H39F2N7O5S. The van der Waals surface area contributed by atoms with E-state index in [1.54, 1.807) is 6.92 Å². The zero-order chi connectivity index (χ0) is 34.8. The summed E-state index contributed by atoms with van der Waals surface area (Å²) in [6, 6.07) is 2.26. The van der Waals surface area contributed by atoms with E-state index in [0.29, 0.717) is 56.0 Å². The molecule has 2 saturated heterocycles. The number of nitrogen functional groups attached to an aromatic ring is 1. The van der Waals surface area contributed by atoms with E-state index in [4.69, 9.17) is 24.9 Å². The number of hydrogen-bond donors (Lipinski definition) is 3. The van der Waals surface area contributed by atoms with E-state index in [1.165, 1.54) is 24.4 Å². The van der Waals surface area contributed by atoms with Gasteiger partial charge in [-0.2, -0.15) is 0 Å². The molecule has 1 unspecified atom stereocenters. The topological polar surface area (TPSA) is 148 Å². The largest absolute Gasteiger partial charge is 0.473 e. The number of aromatic nitrogens is 3. The first-order valence-corrected chi connectivity index (χ1v) is 17.7. The second-order valence-electron chi connectivity index (χ2n) is 13.9. The van der Waals surface area contributed by atoms with Crippen molar-refractivity contribution in [3.05, 3.63) is 48.2 Å². The Hall–Kier alpha value is -4.02. The average Bonchev–Trinajstić information content (AvgIpc) is 3.82. The third kappa shape index (κ3) is 5.84. The van der Waals surface area contributed by atoms with E-state index in [0.717, 1.165) is 43.8 Å². The normalized spacial score (nSPS) is 25.2. The molecule has 6 heterocycles. The van der Waals surface area contributed by atoms with Crippen LogP contribution in [0.2, 0.25) is 0 Å². The van der Waals surface area contributed by atoms with Gasteiger partial charge in [-0.15, -0.1) is 0 Å². The fourth-order valence-corrected chi connectivity index (χ4v) is 8.48. The highest BCUT2D eigenvalue weighted by atomic mass is 32.1. The number of aliphatic hydroxyl groups is 1. The molecule has 1 saturated carbocycles. The number of carbonyl (C=O) groups excluding carboxylic acids is 1. The maximum absolute atomic E-state index is 17.0. The highest BCUT2D eigenvalue weighted by Gasteiger charge is 2.56. The molecule has 1 aromatic carbocycles. The molecule has 3 aromatic heterocycles. The Bertz CT molecular complexity index is 2000. The first kappa shape index (κ1) is 33.1. The fourth-order valence-electron chi connectivity index (χ4n) is 7.71. The van der Waals surface area contributed by atoms with Crippen molar-refractivity contribution in [2.75, 3.05) is 69.8 Å². The molecule has 0 bridgehead atoms. The number of halogens is 2. The van der Waals surface area contributed by atoms with Crippen molar-refractivity contribution in [2.45, 2.75) is 43.9 Å². The van der Waals surface area contributed by atoms with Crippen LogP contribution in [0.1, 0.15) is 31.7 Å². The third-order valence-corrected chi connectivity index (χ3v) is 11.3. The van der Waals surface area contributed by atoms with Gasteiger partial charge in [-0.05, 0) is 38.0 Å². The number of carbonyl (C=O) groups is 1. The summed E-state index contributed by atoms with van der Waals surface area (Å²) in [4.78, 5) is 30.3. The average molecular weight is 708 g/mol. The van der Waals surface area contributed by atoms with Crippen LogP contribution in [0.25, 0.3) is 32.4 Å². The molecule has 4 aliphatic rings. The summed E-state index contributed by atoms with van der Waals surface area (Å²) in [6.07, 6.45) is 4.55. The molecule has 12 nitrogen and oxygen atoms in total. The molecule has 4 aromatic rings. The Balaban J connectivity index is 1.28. The predicted molar refractivity (Wildman–Crippen MR) is 185 cm³/mol. The molecule has 3 fully saturated rings. The van der Waals surface area contributed by atoms with Gasteiger partial charge in [-0.3, -0.25) is 14.7 Å². The second-order valence-corrected chi connectivity index (χ2v) is 14.9. The van der Waals surface area contributed by atoms with Crippen molar-refractivity contribution in [3.8, 4) is 17.1 Å². The maximum Gasteiger partial charge on any atom is 0.243 e. The number of fused-ring (bicyclic) bond motifs is 3. The minimum atomic E-state index is -1.40. The third-order valence-electron chi connectivity index (χ3n) is 10.4. The number of morpholine rings is 1. The summed E-state index contributed by atoms with van der Waals surface area (Å²) in [6.45, 7) is 10.4. The van der Waals surface area contributed by atoms with Crippen molar-refractivity contribution in [1.82, 2.24) is 25.2 Å². The number of hydrogen-bond acceptors (Lipinski definition) is 12. The first-order valence-electron chi connectivity index (χ1n) is 16.9. The van der Waals surface area contributed by atoms with Crippen LogP contribution in [0.4, 0.5) is 19.6 Å². The Morgan fingerprint density at radius 2 is 1.96 bits per heavy atom. The van der Waals surface area contributed by atoms with Crippen molar-refractivity contribution in [3.63, 3.8) is 0 Å². The number of thiazole rings is 1. The van der Waals surface area contributed by atoms with Crippen LogP contribution in [-0.2, 0) is 19.9 Å². The van der Waals surface area contributed by atoms with Crippen LogP contribution in [0.5, 0.6) is 5.88 Å². The summed E-state index contributed by atoms with van der Waals surface area (Å²) in [5, 5.41) is 15.8. The lowest BCUT2D eigenvalue weighted by Crippen LogP contribution is -2.49. The quantitative estimate of drug-likeness (QED) is 0.241. The number of pyridine rings is 2. The summed E-state index contributed by atoms with van der Waals surface area (Å²) in [5.41, 5.74) is 5.69. The summed E-state index contributed by atoms with van der Waals surface area (Å²) >= 11 is 0.978. The minimum absolute atomic E-state index is 0.0178. The fraction of sp³-hybridized carbons (Fsp3) is 0.486. The van der Waals surface area contributed by atoms with Gasteiger partial charge in [0.05, 0.1) is 59.5 Å². The van der Waals surface area contributed by atoms with Crippen molar-refractivity contribution >= 4 is 49.2 Å². The molecule has 0 spiro atoms. The number of benzene rings is 1. The maximum atomic E-state index is 17.0. The van der Waals surface area contributed by atoms with Crippen LogP contribution >= 0.6 is 11.3 Å². The Morgan fingerprint density at radius 1 is 1.18 bits per heavy atom. The van der Waals surface area contributed by atoms with E-state index >= 15 is 4.39 Å². The second kappa shape index (κ2) is 12.6. The number of nitrogens with one attached hydrogen (secondary N) is 1. The minimum Gasteiger partial charge on any atom is -0.473 e. The summed E-state index contributed by atoms with van der Waals surface area (Å²) in [7, 11) is 0. The molecular weight excluding hydrogens is 668 g/mol. The van der Waals surface area contributed by atoms with Crippen LogP contribution in [-0.4, -0.2) is 102 Å². The standard InChI is InChI=1S/C35H39F2N7O5S/c1-3-24(45)40-19-16-44(10-13-48-17-19)30-21-15-39-27(20-4-5-22(36)31-29(20)42-33(38)50-31)26(37)28(21)41-32-25(30)34(2,46)14-23(49-32)35(6-7-35)18-43-8-11-47-12-9-43/h3-5,15,19,23,46H,1,6-14,16-18H2,2H3,(H2,38,42)(H,40,45)/t19?,23-,34+/m0/s1. The number of nitrogens with zero attached hydrogens (tertiary/aromatic N) is 5. The number of rotatable bonds is 7. The van der Waals surface area contributed by atoms with E-state index in [1.807, 2.05) is 4.90 Å². The van der Waals surface area contributed by atoms with Gasteiger partial charge in [0.2, 0.25) is 11.8 Å². The Labute approximate surface area is 291 Å². The summed E-state index contributed by atoms with van der Waals surface area (Å²) in [5.74, 6) is -1.45. The van der Waals surface area contributed by atoms with Gasteiger partial charge in [-0.25, -0.2) is 18.7 Å². The molecule has 15 heteroatoms. The zero-order valence-corrected chi connectivity index (χ0v) is 28.5. The van der Waals surface area contributed by atoms with Gasteiger partial charge in [0.15, 0.2) is 10.9 Å². The first-order chi connectivity index (χ1) is 24.1. The number of ether oxygens (including phenoxy) is 3. The van der Waals surface area contributed by atoms with Gasteiger partial charge in [0.25, 0.3) is 0 Å². The van der Waals surface area contributed by atoms with Crippen molar-refractivity contribution in [2.24, 2.45) is 5.41 Å². The van der Waals surface area contributed by atoms with Gasteiger partial charge in [0.1, 0.15) is 23.1 Å². The van der Waals surface area contributed by atoms with Gasteiger partial charge in [0, 0.05) is 61.7 Å². The lowest BCUT2D eigenvalue weighted by atomic mass is 9.80. The smallest absolute Gasteiger partial charge is 0.243 e. The molecule has 4 N–H and O–H groups in total. The molecule has 8 rings (SSSR count). The molecule has 0 radical (unpaired) electrons. The Kier molecular flexibility index (Phi) is 8.38. The van der Waals surface area contributed by atoms with Gasteiger partial charge >= 0.3 is 0 Å². The van der Waals surface area contributed by atoms with E-state index in [9.17, 15) is 14.3 Å². The van der Waals surface area contributed by atoms with E-state index < -0.39 is 23.3 Å². The number of nitrogens with two attached hydrogens (primary N) is 1. The predicted octanol–water partition coefficient (Wildman–Crippen LogP) is 3.75. The number of amides is 1. The van der Waals surface area contributed by atoms with Gasteiger partial charge in [-0.1, -0.05) is 17.9 Å². The molecule has 1 aliphatic carbocycles. The molecule has 264 valence electrons. The lowest BCUT2D eigenvalue weighted by molar-refractivity contribution is -0.117. The lowest BCUT2D eigenvalue weighted by Gasteiger charge is -2.43. The molecule has 3 aliphatic heterocycles.